The van der Waals surface area contributed by atoms with Crippen molar-refractivity contribution in [3.8, 4) is 0 Å². The summed E-state index contributed by atoms with van der Waals surface area (Å²) in [6, 6.07) is 7.92. The monoisotopic (exact) mass is 268 g/mol. The molecule has 0 heterocycles. The van der Waals surface area contributed by atoms with Gasteiger partial charge in [0.25, 0.3) is 0 Å². The minimum Gasteiger partial charge on any atom is -0.384 e. The van der Waals surface area contributed by atoms with Gasteiger partial charge in [-0.05, 0) is 48.4 Å². The second-order valence-electron chi connectivity index (χ2n) is 4.13. The lowest BCUT2D eigenvalue weighted by Crippen LogP contribution is -2.03. The first-order valence-electron chi connectivity index (χ1n) is 5.37. The molecule has 1 unspecified atom stereocenters. The summed E-state index contributed by atoms with van der Waals surface area (Å²) in [5.41, 5.74) is 1.18. The molecular weight excluding hydrogens is 258 g/mol. The van der Waals surface area contributed by atoms with Crippen molar-refractivity contribution in [2.45, 2.75) is 13.0 Å². The zero-order valence-corrected chi connectivity index (χ0v) is 10.4. The quantitative estimate of drug-likeness (QED) is 0.873. The van der Waals surface area contributed by atoms with E-state index in [0.29, 0.717) is 10.6 Å². The molecule has 94 valence electrons. The highest BCUT2D eigenvalue weighted by atomic mass is 35.5. The van der Waals surface area contributed by atoms with E-state index in [1.165, 1.54) is 6.07 Å². The van der Waals surface area contributed by atoms with E-state index in [1.807, 2.05) is 6.92 Å². The molecule has 1 nitrogen and oxygen atoms in total. The molecule has 0 aliphatic carbocycles. The molecule has 18 heavy (non-hydrogen) atoms. The maximum Gasteiger partial charge on any atom is 0.129 e. The Labute approximate surface area is 109 Å². The van der Waals surface area contributed by atoms with Gasteiger partial charge in [-0.2, -0.15) is 0 Å². The van der Waals surface area contributed by atoms with Crippen LogP contribution in [0.1, 0.15) is 22.8 Å². The Morgan fingerprint density at radius 3 is 2.50 bits per heavy atom. The maximum atomic E-state index is 13.5. The van der Waals surface area contributed by atoms with Gasteiger partial charge in [-0.15, -0.1) is 0 Å². The Kier molecular flexibility index (Phi) is 3.64. The standard InChI is InChI=1S/C14H11ClF2O/c1-8-4-9(6-10(15)5-8)14(18)12-7-11(16)2-3-13(12)17/h2-7,14,18H,1H3. The van der Waals surface area contributed by atoms with Crippen LogP contribution < -0.4 is 0 Å². The smallest absolute Gasteiger partial charge is 0.129 e. The van der Waals surface area contributed by atoms with Gasteiger partial charge >= 0.3 is 0 Å². The topological polar surface area (TPSA) is 20.2 Å². The second-order valence-corrected chi connectivity index (χ2v) is 4.57. The lowest BCUT2D eigenvalue weighted by atomic mass is 9.99. The molecule has 0 fully saturated rings. The van der Waals surface area contributed by atoms with Crippen molar-refractivity contribution in [3.63, 3.8) is 0 Å². The van der Waals surface area contributed by atoms with E-state index >= 15 is 0 Å². The normalized spacial score (nSPS) is 12.5. The van der Waals surface area contributed by atoms with Crippen molar-refractivity contribution in [3.05, 3.63) is 69.7 Å². The highest BCUT2D eigenvalue weighted by Crippen LogP contribution is 2.27. The van der Waals surface area contributed by atoms with Gasteiger partial charge < -0.3 is 5.11 Å². The SMILES string of the molecule is Cc1cc(Cl)cc(C(O)c2cc(F)ccc2F)c1. The lowest BCUT2D eigenvalue weighted by Gasteiger charge is -2.13. The molecule has 0 saturated heterocycles. The van der Waals surface area contributed by atoms with Crippen LogP contribution in [0.4, 0.5) is 8.78 Å². The van der Waals surface area contributed by atoms with E-state index in [1.54, 1.807) is 12.1 Å². The summed E-state index contributed by atoms with van der Waals surface area (Å²) < 4.78 is 26.6. The zero-order chi connectivity index (χ0) is 13.3. The van der Waals surface area contributed by atoms with Gasteiger partial charge in [0.15, 0.2) is 0 Å². The highest BCUT2D eigenvalue weighted by Gasteiger charge is 2.16. The Morgan fingerprint density at radius 1 is 1.11 bits per heavy atom. The van der Waals surface area contributed by atoms with Crippen LogP contribution in [0, 0.1) is 18.6 Å². The Balaban J connectivity index is 2.47. The first-order valence-corrected chi connectivity index (χ1v) is 5.75. The predicted molar refractivity (Wildman–Crippen MR) is 66.6 cm³/mol. The van der Waals surface area contributed by atoms with Crippen molar-refractivity contribution >= 4 is 11.6 Å². The fraction of sp³-hybridized carbons (Fsp3) is 0.143. The number of aliphatic hydroxyl groups excluding tert-OH is 1. The molecule has 2 aromatic carbocycles. The van der Waals surface area contributed by atoms with E-state index in [4.69, 9.17) is 11.6 Å². The molecule has 0 aliphatic heterocycles. The first-order chi connectivity index (χ1) is 8.47. The maximum absolute atomic E-state index is 13.5. The molecule has 0 bridgehead atoms. The van der Waals surface area contributed by atoms with Crippen molar-refractivity contribution in [2.24, 2.45) is 0 Å². The van der Waals surface area contributed by atoms with Gasteiger partial charge in [-0.25, -0.2) is 8.78 Å². The third-order valence-corrected chi connectivity index (χ3v) is 2.85. The molecule has 0 saturated carbocycles. The number of rotatable bonds is 2. The second kappa shape index (κ2) is 5.04. The summed E-state index contributed by atoms with van der Waals surface area (Å²) in [7, 11) is 0. The van der Waals surface area contributed by atoms with Crippen molar-refractivity contribution in [1.29, 1.82) is 0 Å². The van der Waals surface area contributed by atoms with Crippen LogP contribution in [0.2, 0.25) is 5.02 Å². The average molecular weight is 269 g/mol. The van der Waals surface area contributed by atoms with E-state index in [2.05, 4.69) is 0 Å². The van der Waals surface area contributed by atoms with Gasteiger partial charge in [0.1, 0.15) is 17.7 Å². The van der Waals surface area contributed by atoms with Gasteiger partial charge in [0.05, 0.1) is 0 Å². The molecule has 0 radical (unpaired) electrons. The predicted octanol–water partition coefficient (Wildman–Crippen LogP) is 4.01. The number of halogens is 3. The molecular formula is C14H11ClF2O. The molecule has 1 N–H and O–H groups in total. The third-order valence-electron chi connectivity index (χ3n) is 2.63. The number of hydrogen-bond acceptors (Lipinski definition) is 1. The van der Waals surface area contributed by atoms with E-state index < -0.39 is 17.7 Å². The van der Waals surface area contributed by atoms with Gasteiger partial charge in [-0.3, -0.25) is 0 Å². The number of aryl methyl sites for hydroxylation is 1. The fourth-order valence-electron chi connectivity index (χ4n) is 1.83. The summed E-state index contributed by atoms with van der Waals surface area (Å²) in [5.74, 6) is -1.24. The van der Waals surface area contributed by atoms with Crippen LogP contribution in [0.3, 0.4) is 0 Å². The molecule has 0 amide bonds. The molecule has 0 aliphatic rings. The van der Waals surface area contributed by atoms with Crippen LogP contribution in [-0.2, 0) is 0 Å². The molecule has 1 atom stereocenters. The summed E-state index contributed by atoms with van der Waals surface area (Å²) in [5, 5.41) is 10.5. The minimum absolute atomic E-state index is 0.100. The first kappa shape index (κ1) is 13.0. The molecule has 0 spiro atoms. The Bertz CT molecular complexity index is 564. The van der Waals surface area contributed by atoms with Crippen molar-refractivity contribution in [2.75, 3.05) is 0 Å². The molecule has 2 rings (SSSR count). The summed E-state index contributed by atoms with van der Waals surface area (Å²) in [6.45, 7) is 1.81. The van der Waals surface area contributed by atoms with E-state index in [-0.39, 0.29) is 5.56 Å². The van der Waals surface area contributed by atoms with Gasteiger partial charge in [0.2, 0.25) is 0 Å². The zero-order valence-electron chi connectivity index (χ0n) is 9.62. The van der Waals surface area contributed by atoms with Gasteiger partial charge in [-0.1, -0.05) is 17.7 Å². The van der Waals surface area contributed by atoms with Gasteiger partial charge in [0, 0.05) is 10.6 Å². The third kappa shape index (κ3) is 2.68. The summed E-state index contributed by atoms with van der Waals surface area (Å²) in [4.78, 5) is 0. The summed E-state index contributed by atoms with van der Waals surface area (Å²) in [6.07, 6.45) is -1.24. The lowest BCUT2D eigenvalue weighted by molar-refractivity contribution is 0.214. The number of hydrogen-bond donors (Lipinski definition) is 1. The van der Waals surface area contributed by atoms with Crippen molar-refractivity contribution < 1.29 is 13.9 Å². The fourth-order valence-corrected chi connectivity index (χ4v) is 2.12. The van der Waals surface area contributed by atoms with Crippen molar-refractivity contribution in [1.82, 2.24) is 0 Å². The molecule has 4 heteroatoms. The number of benzene rings is 2. The summed E-state index contributed by atoms with van der Waals surface area (Å²) >= 11 is 5.87. The van der Waals surface area contributed by atoms with Crippen LogP contribution in [0.25, 0.3) is 0 Å². The van der Waals surface area contributed by atoms with Crippen LogP contribution >= 0.6 is 11.6 Å². The molecule has 2 aromatic rings. The highest BCUT2D eigenvalue weighted by molar-refractivity contribution is 6.30. The van der Waals surface area contributed by atoms with E-state index in [0.717, 1.165) is 23.8 Å². The average Bonchev–Trinajstić information content (AvgIpc) is 2.30. The largest absolute Gasteiger partial charge is 0.384 e. The van der Waals surface area contributed by atoms with Crippen LogP contribution in [0.15, 0.2) is 36.4 Å². The molecule has 0 aromatic heterocycles. The van der Waals surface area contributed by atoms with E-state index in [9.17, 15) is 13.9 Å². The Hall–Kier alpha value is -1.45. The minimum atomic E-state index is -1.24. The van der Waals surface area contributed by atoms with Crippen LogP contribution in [0.5, 0.6) is 0 Å². The number of aliphatic hydroxyl groups is 1. The van der Waals surface area contributed by atoms with Crippen LogP contribution in [-0.4, -0.2) is 5.11 Å². The Morgan fingerprint density at radius 2 is 1.83 bits per heavy atom.